The molecule has 2 N–H and O–H groups in total. The Morgan fingerprint density at radius 3 is 2.70 bits per heavy atom. The van der Waals surface area contributed by atoms with Crippen LogP contribution in [-0.2, 0) is 4.79 Å². The molecular formula is C23H20ClN5O. The van der Waals surface area contributed by atoms with E-state index in [1.165, 1.54) is 5.56 Å². The number of amides is 1. The van der Waals surface area contributed by atoms with E-state index >= 15 is 0 Å². The smallest absolute Gasteiger partial charge is 0.209 e. The summed E-state index contributed by atoms with van der Waals surface area (Å²) in [4.78, 5) is 21.7. The van der Waals surface area contributed by atoms with Gasteiger partial charge in [-0.3, -0.25) is 9.36 Å². The Balaban J connectivity index is 1.63. The van der Waals surface area contributed by atoms with Gasteiger partial charge in [0.1, 0.15) is 16.6 Å². The van der Waals surface area contributed by atoms with Crippen LogP contribution >= 0.6 is 11.6 Å². The number of benzene rings is 1. The van der Waals surface area contributed by atoms with Crippen LogP contribution in [0.25, 0.3) is 28.0 Å². The lowest BCUT2D eigenvalue weighted by molar-refractivity contribution is -0.117. The molecule has 1 unspecified atom stereocenters. The summed E-state index contributed by atoms with van der Waals surface area (Å²) in [5.74, 6) is 0.829. The molecule has 0 radical (unpaired) electrons. The fourth-order valence-electron chi connectivity index (χ4n) is 4.20. The van der Waals surface area contributed by atoms with Crippen LogP contribution in [0.15, 0.2) is 60.8 Å². The molecule has 30 heavy (non-hydrogen) atoms. The summed E-state index contributed by atoms with van der Waals surface area (Å²) < 4.78 is 2.06. The number of nitrogen functional groups attached to an aromatic ring is 1. The second-order valence-corrected chi connectivity index (χ2v) is 7.91. The minimum Gasteiger partial charge on any atom is -0.383 e. The second kappa shape index (κ2) is 7.46. The Labute approximate surface area is 178 Å². The summed E-state index contributed by atoms with van der Waals surface area (Å²) in [6.45, 7) is 1.58. The monoisotopic (exact) mass is 417 g/mol. The Morgan fingerprint density at radius 2 is 1.97 bits per heavy atom. The summed E-state index contributed by atoms with van der Waals surface area (Å²) >= 11 is 6.21. The van der Waals surface area contributed by atoms with Crippen molar-refractivity contribution in [1.29, 1.82) is 0 Å². The molecule has 4 heterocycles. The Kier molecular flexibility index (Phi) is 4.64. The molecular weight excluding hydrogens is 398 g/mol. The molecule has 1 amide bonds. The molecule has 1 aromatic carbocycles. The molecule has 0 spiro atoms. The first-order valence-electron chi connectivity index (χ1n) is 9.82. The number of carbonyl (C=O) groups excluding carboxylic acids is 1. The van der Waals surface area contributed by atoms with Gasteiger partial charge in [-0.1, -0.05) is 23.7 Å². The zero-order valence-corrected chi connectivity index (χ0v) is 17.0. The highest BCUT2D eigenvalue weighted by Gasteiger charge is 2.23. The van der Waals surface area contributed by atoms with Crippen molar-refractivity contribution < 1.29 is 4.79 Å². The zero-order valence-electron chi connectivity index (χ0n) is 16.2. The van der Waals surface area contributed by atoms with Crippen molar-refractivity contribution in [2.24, 2.45) is 0 Å². The van der Waals surface area contributed by atoms with Crippen LogP contribution < -0.4 is 5.73 Å². The van der Waals surface area contributed by atoms with E-state index in [0.29, 0.717) is 16.9 Å². The highest BCUT2D eigenvalue weighted by molar-refractivity contribution is 6.29. The predicted octanol–water partition coefficient (Wildman–Crippen LogP) is 4.27. The Hall–Kier alpha value is -3.38. The van der Waals surface area contributed by atoms with E-state index < -0.39 is 0 Å². The van der Waals surface area contributed by atoms with E-state index in [2.05, 4.69) is 44.9 Å². The van der Waals surface area contributed by atoms with Crippen molar-refractivity contribution in [1.82, 2.24) is 19.4 Å². The van der Waals surface area contributed by atoms with E-state index in [1.807, 2.05) is 23.1 Å². The number of fused-ring (bicyclic) bond motifs is 1. The van der Waals surface area contributed by atoms with Gasteiger partial charge in [0.25, 0.3) is 0 Å². The first-order chi connectivity index (χ1) is 14.6. The fourth-order valence-corrected chi connectivity index (χ4v) is 4.34. The molecule has 5 rings (SSSR count). The highest BCUT2D eigenvalue weighted by atomic mass is 35.5. The third-order valence-corrected chi connectivity index (χ3v) is 5.93. The van der Waals surface area contributed by atoms with Crippen LogP contribution in [0.2, 0.25) is 5.15 Å². The summed E-state index contributed by atoms with van der Waals surface area (Å²) in [6.07, 6.45) is 3.60. The van der Waals surface area contributed by atoms with Gasteiger partial charge in [0.05, 0.1) is 5.69 Å². The first kappa shape index (κ1) is 18.6. The van der Waals surface area contributed by atoms with Gasteiger partial charge in [0, 0.05) is 41.8 Å². The number of rotatable bonds is 4. The van der Waals surface area contributed by atoms with E-state index in [-0.39, 0.29) is 0 Å². The minimum absolute atomic E-state index is 0.367. The maximum absolute atomic E-state index is 11.0. The average Bonchev–Trinajstić information content (AvgIpc) is 3.39. The fraction of sp³-hybridized carbons (Fsp3) is 0.174. The molecule has 1 saturated heterocycles. The van der Waals surface area contributed by atoms with Crippen LogP contribution in [0.5, 0.6) is 0 Å². The lowest BCUT2D eigenvalue weighted by Gasteiger charge is -2.14. The molecule has 150 valence electrons. The van der Waals surface area contributed by atoms with Crippen molar-refractivity contribution in [2.45, 2.75) is 12.3 Å². The van der Waals surface area contributed by atoms with Crippen LogP contribution in [-0.4, -0.2) is 38.9 Å². The standard InChI is InChI=1S/C23H20ClN5O/c24-21-8-5-16-12-20(19-2-1-10-26-22(19)25)29(23(16)27-21)18-6-3-15(4-7-18)17-9-11-28(13-17)14-30/h1-8,10,12,14,17H,9,11,13H2,(H2,25,26). The van der Waals surface area contributed by atoms with E-state index in [1.54, 1.807) is 12.3 Å². The number of pyridine rings is 2. The van der Waals surface area contributed by atoms with Crippen LogP contribution in [0.1, 0.15) is 17.9 Å². The summed E-state index contributed by atoms with van der Waals surface area (Å²) in [6, 6.07) is 18.0. The number of halogens is 1. The molecule has 1 atom stereocenters. The predicted molar refractivity (Wildman–Crippen MR) is 119 cm³/mol. The molecule has 0 aliphatic carbocycles. The van der Waals surface area contributed by atoms with Crippen molar-refractivity contribution in [3.63, 3.8) is 0 Å². The van der Waals surface area contributed by atoms with Crippen molar-refractivity contribution in [3.8, 4) is 16.9 Å². The number of likely N-dealkylation sites (tertiary alicyclic amines) is 1. The van der Waals surface area contributed by atoms with Crippen LogP contribution in [0.4, 0.5) is 5.82 Å². The van der Waals surface area contributed by atoms with Crippen LogP contribution in [0, 0.1) is 0 Å². The second-order valence-electron chi connectivity index (χ2n) is 7.53. The van der Waals surface area contributed by atoms with E-state index in [4.69, 9.17) is 17.3 Å². The summed E-state index contributed by atoms with van der Waals surface area (Å²) in [5.41, 5.74) is 10.9. The largest absolute Gasteiger partial charge is 0.383 e. The Morgan fingerprint density at radius 1 is 1.13 bits per heavy atom. The molecule has 0 saturated carbocycles. The molecule has 3 aromatic heterocycles. The quantitative estimate of drug-likeness (QED) is 0.397. The lowest BCUT2D eigenvalue weighted by Crippen LogP contribution is -2.17. The molecule has 1 aliphatic rings. The van der Waals surface area contributed by atoms with Gasteiger partial charge in [-0.05, 0) is 54.4 Å². The van der Waals surface area contributed by atoms with Gasteiger partial charge in [0.2, 0.25) is 6.41 Å². The molecule has 4 aromatic rings. The molecule has 0 bridgehead atoms. The molecule has 1 fully saturated rings. The van der Waals surface area contributed by atoms with Gasteiger partial charge in [-0.15, -0.1) is 0 Å². The van der Waals surface area contributed by atoms with E-state index in [0.717, 1.165) is 53.9 Å². The topological polar surface area (TPSA) is 77.0 Å². The number of nitrogens with zero attached hydrogens (tertiary/aromatic N) is 4. The average molecular weight is 418 g/mol. The van der Waals surface area contributed by atoms with Gasteiger partial charge in [-0.2, -0.15) is 0 Å². The van der Waals surface area contributed by atoms with Crippen molar-refractivity contribution in [3.05, 3.63) is 71.5 Å². The number of hydrogen-bond acceptors (Lipinski definition) is 4. The molecule has 6 nitrogen and oxygen atoms in total. The van der Waals surface area contributed by atoms with Crippen molar-refractivity contribution >= 4 is 34.9 Å². The van der Waals surface area contributed by atoms with Crippen LogP contribution in [0.3, 0.4) is 0 Å². The lowest BCUT2D eigenvalue weighted by atomic mass is 9.98. The summed E-state index contributed by atoms with van der Waals surface area (Å²) in [5, 5.41) is 1.41. The minimum atomic E-state index is 0.367. The third kappa shape index (κ3) is 3.19. The van der Waals surface area contributed by atoms with Crippen molar-refractivity contribution in [2.75, 3.05) is 18.8 Å². The number of anilines is 1. The number of carbonyl (C=O) groups is 1. The normalized spacial score (nSPS) is 16.3. The highest BCUT2D eigenvalue weighted by Crippen LogP contribution is 2.34. The van der Waals surface area contributed by atoms with Gasteiger partial charge in [0.15, 0.2) is 0 Å². The zero-order chi connectivity index (χ0) is 20.7. The number of aromatic nitrogens is 3. The number of nitrogens with two attached hydrogens (primary N) is 1. The third-order valence-electron chi connectivity index (χ3n) is 5.72. The summed E-state index contributed by atoms with van der Waals surface area (Å²) in [7, 11) is 0. The maximum Gasteiger partial charge on any atom is 0.209 e. The maximum atomic E-state index is 11.0. The van der Waals surface area contributed by atoms with Gasteiger partial charge in [-0.25, -0.2) is 9.97 Å². The van der Waals surface area contributed by atoms with E-state index in [9.17, 15) is 4.79 Å². The first-order valence-corrected chi connectivity index (χ1v) is 10.2. The Bertz CT molecular complexity index is 1230. The molecule has 7 heteroatoms. The SMILES string of the molecule is Nc1ncccc1-c1cc2ccc(Cl)nc2n1-c1ccc(C2CCN(C=O)C2)cc1. The van der Waals surface area contributed by atoms with Gasteiger partial charge < -0.3 is 10.6 Å². The number of hydrogen-bond donors (Lipinski definition) is 1. The van der Waals surface area contributed by atoms with Gasteiger partial charge >= 0.3 is 0 Å². The molecule has 1 aliphatic heterocycles.